The molecule has 2 aromatic heterocycles. The van der Waals surface area contributed by atoms with Gasteiger partial charge in [-0.25, -0.2) is 17.8 Å². The average molecular weight is 537 g/mol. The van der Waals surface area contributed by atoms with Gasteiger partial charge in [-0.15, -0.1) is 22.7 Å². The predicted octanol–water partition coefficient (Wildman–Crippen LogP) is 7.37. The van der Waals surface area contributed by atoms with Gasteiger partial charge < -0.3 is 0 Å². The van der Waals surface area contributed by atoms with Crippen LogP contribution in [-0.4, -0.2) is 13.4 Å². The number of sulfonamides is 1. The first-order valence-electron chi connectivity index (χ1n) is 10.3. The number of anilines is 1. The van der Waals surface area contributed by atoms with Crippen molar-refractivity contribution >= 4 is 58.0 Å². The first kappa shape index (κ1) is 23.7. The van der Waals surface area contributed by atoms with E-state index in [1.165, 1.54) is 40.9 Å². The number of thiazole rings is 1. The molecule has 2 heterocycles. The zero-order valence-electron chi connectivity index (χ0n) is 18.0. The van der Waals surface area contributed by atoms with Gasteiger partial charge in [0.15, 0.2) is 0 Å². The molecule has 0 bridgehead atoms. The first-order chi connectivity index (χ1) is 16.6. The normalized spacial score (nSPS) is 12.5. The van der Waals surface area contributed by atoms with Crippen LogP contribution in [0.2, 0.25) is 0 Å². The Bertz CT molecular complexity index is 1670. The molecule has 180 valence electrons. The van der Waals surface area contributed by atoms with Crippen molar-refractivity contribution in [2.24, 2.45) is 0 Å². The molecule has 0 aliphatic rings. The van der Waals surface area contributed by atoms with E-state index in [0.717, 1.165) is 14.4 Å². The third-order valence-electron chi connectivity index (χ3n) is 5.60. The van der Waals surface area contributed by atoms with Gasteiger partial charge in [-0.3, -0.25) is 4.31 Å². The SMILES string of the molecule is Cc1c(N(Cc2ccc(F)c(C(F)(F)F)c2)S(=O)(=O)c2ccc3ncsc3c2)sc2ccccc12. The maximum Gasteiger partial charge on any atom is 0.419 e. The van der Waals surface area contributed by atoms with Gasteiger partial charge in [0.25, 0.3) is 10.0 Å². The molecule has 0 N–H and O–H groups in total. The third-order valence-corrected chi connectivity index (χ3v) is 9.54. The lowest BCUT2D eigenvalue weighted by atomic mass is 10.1. The van der Waals surface area contributed by atoms with Gasteiger partial charge in [-0.1, -0.05) is 24.3 Å². The van der Waals surface area contributed by atoms with Crippen LogP contribution in [0.4, 0.5) is 22.6 Å². The number of alkyl halides is 3. The fraction of sp³-hybridized carbons (Fsp3) is 0.125. The number of hydrogen-bond acceptors (Lipinski definition) is 5. The van der Waals surface area contributed by atoms with Crippen molar-refractivity contribution < 1.29 is 26.0 Å². The van der Waals surface area contributed by atoms with Gasteiger partial charge in [-0.2, -0.15) is 13.2 Å². The lowest BCUT2D eigenvalue weighted by Crippen LogP contribution is -2.30. The highest BCUT2D eigenvalue weighted by Crippen LogP contribution is 2.41. The van der Waals surface area contributed by atoms with Crippen molar-refractivity contribution in [3.05, 3.63) is 88.7 Å². The number of rotatable bonds is 5. The smallest absolute Gasteiger partial charge is 0.252 e. The molecule has 0 atom stereocenters. The number of thiophene rings is 1. The molecule has 4 nitrogen and oxygen atoms in total. The maximum atomic E-state index is 13.9. The fourth-order valence-electron chi connectivity index (χ4n) is 3.84. The van der Waals surface area contributed by atoms with Crippen LogP contribution >= 0.6 is 22.7 Å². The molecule has 0 saturated heterocycles. The second kappa shape index (κ2) is 8.58. The summed E-state index contributed by atoms with van der Waals surface area (Å²) in [5.41, 5.74) is 1.51. The summed E-state index contributed by atoms with van der Waals surface area (Å²) in [5, 5.41) is 1.23. The molecule has 35 heavy (non-hydrogen) atoms. The van der Waals surface area contributed by atoms with Crippen LogP contribution in [0.3, 0.4) is 0 Å². The van der Waals surface area contributed by atoms with E-state index >= 15 is 0 Å². The number of hydrogen-bond donors (Lipinski definition) is 0. The van der Waals surface area contributed by atoms with Crippen LogP contribution < -0.4 is 4.31 Å². The number of fused-ring (bicyclic) bond motifs is 2. The van der Waals surface area contributed by atoms with E-state index in [2.05, 4.69) is 4.98 Å². The second-order valence-electron chi connectivity index (χ2n) is 7.83. The standard InChI is InChI=1S/C24H16F4N2O2S3/c1-14-17-4-2-3-5-21(17)34-23(14)30(12-15-6-8-19(25)18(10-15)24(26,27)28)35(31,32)16-7-9-20-22(11-16)33-13-29-20/h2-11,13H,12H2,1H3. The van der Waals surface area contributed by atoms with Gasteiger partial charge in [0.2, 0.25) is 0 Å². The number of aryl methyl sites for hydroxylation is 1. The second-order valence-corrected chi connectivity index (χ2v) is 11.6. The van der Waals surface area contributed by atoms with E-state index in [0.29, 0.717) is 32.9 Å². The Kier molecular flexibility index (Phi) is 5.81. The Hall–Kier alpha value is -3.02. The average Bonchev–Trinajstić information content (AvgIpc) is 3.41. The van der Waals surface area contributed by atoms with Gasteiger partial charge in [0.1, 0.15) is 10.8 Å². The zero-order chi connectivity index (χ0) is 25.0. The van der Waals surface area contributed by atoms with Crippen molar-refractivity contribution in [3.8, 4) is 0 Å². The molecule has 5 aromatic rings. The lowest BCUT2D eigenvalue weighted by molar-refractivity contribution is -0.140. The maximum absolute atomic E-state index is 13.9. The molecule has 0 saturated carbocycles. The van der Waals surface area contributed by atoms with Crippen molar-refractivity contribution in [1.82, 2.24) is 4.98 Å². The minimum atomic E-state index is -4.91. The van der Waals surface area contributed by atoms with Crippen LogP contribution in [0.5, 0.6) is 0 Å². The highest BCUT2D eigenvalue weighted by Gasteiger charge is 2.35. The summed E-state index contributed by atoms with van der Waals surface area (Å²) in [7, 11) is -4.20. The highest BCUT2D eigenvalue weighted by molar-refractivity contribution is 7.93. The van der Waals surface area contributed by atoms with E-state index in [9.17, 15) is 26.0 Å². The summed E-state index contributed by atoms with van der Waals surface area (Å²) in [5.74, 6) is -1.41. The van der Waals surface area contributed by atoms with Crippen LogP contribution in [-0.2, 0) is 22.7 Å². The topological polar surface area (TPSA) is 50.3 Å². The van der Waals surface area contributed by atoms with E-state index in [1.54, 1.807) is 18.5 Å². The van der Waals surface area contributed by atoms with Crippen LogP contribution in [0.15, 0.2) is 71.1 Å². The van der Waals surface area contributed by atoms with Gasteiger partial charge >= 0.3 is 6.18 Å². The summed E-state index contributed by atoms with van der Waals surface area (Å²) in [6.07, 6.45) is -4.91. The van der Waals surface area contributed by atoms with Crippen LogP contribution in [0.25, 0.3) is 20.3 Å². The Labute approximate surface area is 206 Å². The molecule has 0 amide bonds. The van der Waals surface area contributed by atoms with E-state index in [4.69, 9.17) is 0 Å². The molecule has 0 unspecified atom stereocenters. The molecule has 0 radical (unpaired) electrons. The quantitative estimate of drug-likeness (QED) is 0.220. The molecule has 3 aromatic carbocycles. The Morgan fingerprint density at radius 2 is 1.77 bits per heavy atom. The number of aromatic nitrogens is 1. The van der Waals surface area contributed by atoms with Gasteiger partial charge in [-0.05, 0) is 59.8 Å². The Balaban J connectivity index is 1.68. The molecule has 0 aliphatic heterocycles. The summed E-state index contributed by atoms with van der Waals surface area (Å²) in [6, 6.07) is 14.4. The molecule has 0 fully saturated rings. The Morgan fingerprint density at radius 1 is 1.00 bits per heavy atom. The van der Waals surface area contributed by atoms with Crippen LogP contribution in [0.1, 0.15) is 16.7 Å². The van der Waals surface area contributed by atoms with Crippen molar-refractivity contribution in [1.29, 1.82) is 0 Å². The van der Waals surface area contributed by atoms with Gasteiger partial charge in [0.05, 0.1) is 32.7 Å². The number of benzene rings is 3. The highest BCUT2D eigenvalue weighted by atomic mass is 32.2. The summed E-state index contributed by atoms with van der Waals surface area (Å²) in [4.78, 5) is 4.16. The molecule has 0 aliphatic carbocycles. The van der Waals surface area contributed by atoms with E-state index in [-0.39, 0.29) is 10.5 Å². The Morgan fingerprint density at radius 3 is 2.51 bits per heavy atom. The molecule has 5 rings (SSSR count). The molecular weight excluding hydrogens is 520 g/mol. The summed E-state index contributed by atoms with van der Waals surface area (Å²) < 4.78 is 84.3. The van der Waals surface area contributed by atoms with Crippen molar-refractivity contribution in [2.75, 3.05) is 4.31 Å². The minimum Gasteiger partial charge on any atom is -0.252 e. The minimum absolute atomic E-state index is 0.00994. The lowest BCUT2D eigenvalue weighted by Gasteiger charge is -2.24. The number of halogens is 4. The predicted molar refractivity (Wildman–Crippen MR) is 131 cm³/mol. The largest absolute Gasteiger partial charge is 0.419 e. The molecule has 0 spiro atoms. The van der Waals surface area contributed by atoms with Crippen molar-refractivity contribution in [2.45, 2.75) is 24.5 Å². The summed E-state index contributed by atoms with van der Waals surface area (Å²) in [6.45, 7) is 1.37. The number of nitrogens with zero attached hydrogens (tertiary/aromatic N) is 2. The van der Waals surface area contributed by atoms with E-state index < -0.39 is 34.1 Å². The zero-order valence-corrected chi connectivity index (χ0v) is 20.5. The summed E-state index contributed by atoms with van der Waals surface area (Å²) >= 11 is 2.52. The van der Waals surface area contributed by atoms with E-state index in [1.807, 2.05) is 24.3 Å². The fourth-order valence-corrected chi connectivity index (χ4v) is 7.59. The molecule has 11 heteroatoms. The molecular formula is C24H16F4N2O2S3. The monoisotopic (exact) mass is 536 g/mol. The van der Waals surface area contributed by atoms with Gasteiger partial charge in [0, 0.05) is 4.70 Å². The van der Waals surface area contributed by atoms with Crippen molar-refractivity contribution in [3.63, 3.8) is 0 Å². The third kappa shape index (κ3) is 4.28. The first-order valence-corrected chi connectivity index (χ1v) is 13.4. The van der Waals surface area contributed by atoms with Crippen LogP contribution in [0, 0.1) is 12.7 Å².